The van der Waals surface area contributed by atoms with E-state index in [0.29, 0.717) is 16.2 Å². The van der Waals surface area contributed by atoms with E-state index in [-0.39, 0.29) is 20.2 Å². The Morgan fingerprint density at radius 2 is 1.15 bits per heavy atom. The predicted molar refractivity (Wildman–Crippen MR) is 167 cm³/mol. The zero-order valence-electron chi connectivity index (χ0n) is 42.3. The van der Waals surface area contributed by atoms with E-state index in [9.17, 15) is 8.22 Å². The first kappa shape index (κ1) is 9.11. The zero-order chi connectivity index (χ0) is 45.8. The minimum atomic E-state index is -1.09. The molecule has 2 nitrogen and oxygen atoms in total. The number of nitrogens with zero attached hydrogens (tertiary/aromatic N) is 1. The molecule has 0 bridgehead atoms. The van der Waals surface area contributed by atoms with Gasteiger partial charge in [-0.1, -0.05) is 96.7 Å². The van der Waals surface area contributed by atoms with Crippen LogP contribution >= 0.6 is 11.3 Å². The SMILES string of the molecule is [2H]c1c([2H])c([2H])c(-c2c([2H])c([2H])c(N(c3c([2H])c([2H])c([2H])c4c3oc3c([2H])c([2H])c([2H])c([2H])c34)c3c([2H])c([2H])c([2H])c4sc5c([2H])c([2H])c([2H])c([2H])c5c34)c([2H])c2[2H])c([2H])c1[2H]. The lowest BCUT2D eigenvalue weighted by Gasteiger charge is -2.26. The van der Waals surface area contributed by atoms with Crippen molar-refractivity contribution in [3.8, 4) is 11.1 Å². The normalized spacial score (nSPS) is 19.8. The second-order valence-corrected chi connectivity index (χ2v) is 9.05. The Labute approximate surface area is 262 Å². The van der Waals surface area contributed by atoms with Crippen LogP contribution < -0.4 is 4.90 Å². The molecule has 2 aromatic heterocycles. The van der Waals surface area contributed by atoms with Crippen LogP contribution in [0, 0.1) is 0 Å². The van der Waals surface area contributed by atoms with E-state index in [2.05, 4.69) is 0 Å². The molecule has 0 saturated carbocycles. The second-order valence-electron chi connectivity index (χ2n) is 8.03. The summed E-state index contributed by atoms with van der Waals surface area (Å²) in [6.07, 6.45) is 0. The summed E-state index contributed by atoms with van der Waals surface area (Å²) in [4.78, 5) is 0.656. The Kier molecular flexibility index (Phi) is 2.07. The molecule has 3 heteroatoms. The molecule has 0 spiro atoms. The van der Waals surface area contributed by atoms with E-state index in [1.807, 2.05) is 0 Å². The molecule has 0 atom stereocenters. The van der Waals surface area contributed by atoms with Gasteiger partial charge in [-0.3, -0.25) is 0 Å². The Bertz CT molecular complexity index is 3350. The largest absolute Gasteiger partial charge is 0.454 e. The van der Waals surface area contributed by atoms with Crippen LogP contribution in [-0.2, 0) is 0 Å². The van der Waals surface area contributed by atoms with E-state index >= 15 is 0 Å². The summed E-state index contributed by atoms with van der Waals surface area (Å²) in [5.74, 6) is 0. The highest BCUT2D eigenvalue weighted by atomic mass is 32.1. The average molecular weight is 541 g/mol. The van der Waals surface area contributed by atoms with Gasteiger partial charge in [0.05, 0.1) is 42.9 Å². The number of anilines is 3. The molecule has 0 fully saturated rings. The monoisotopic (exact) mass is 540 g/mol. The van der Waals surface area contributed by atoms with Crippen molar-refractivity contribution in [2.24, 2.45) is 0 Å². The van der Waals surface area contributed by atoms with E-state index in [1.54, 1.807) is 0 Å². The summed E-state index contributed by atoms with van der Waals surface area (Å²) in [7, 11) is 0. The van der Waals surface area contributed by atoms with Gasteiger partial charge in [0, 0.05) is 36.6 Å². The van der Waals surface area contributed by atoms with Gasteiger partial charge in [0.25, 0.3) is 0 Å². The summed E-state index contributed by atoms with van der Waals surface area (Å²) in [5.41, 5.74) is -5.18. The third kappa shape index (κ3) is 3.55. The highest BCUT2D eigenvalue weighted by molar-refractivity contribution is 7.26. The minimum absolute atomic E-state index is 0.173. The van der Waals surface area contributed by atoms with Crippen LogP contribution in [0.1, 0.15) is 31.5 Å². The van der Waals surface area contributed by atoms with Crippen molar-refractivity contribution in [2.45, 2.75) is 0 Å². The van der Waals surface area contributed by atoms with Crippen LogP contribution in [0.2, 0.25) is 0 Å². The number of thiophene rings is 1. The van der Waals surface area contributed by atoms with Crippen LogP contribution in [0.5, 0.6) is 0 Å². The van der Waals surface area contributed by atoms with Crippen LogP contribution in [0.15, 0.2) is 143 Å². The van der Waals surface area contributed by atoms with Crippen molar-refractivity contribution in [3.05, 3.63) is 139 Å². The standard InChI is InChI=1S/C36H23NOS/c1-2-10-24(11-3-1)25-20-22-26(23-21-25)37(30-15-9-19-34-35(30)29-13-5-7-18-33(29)39-34)31-16-8-14-28-27-12-4-6-17-32(27)38-36(28)31/h1-23H/i1D,2D,3D,4D,5D,6D,7D,8D,9D,10D,11D,12D,13D,14D,15D,16D,17D,18D,19D,20D,21D,22D,23D. The Hall–Kier alpha value is -4.86. The van der Waals surface area contributed by atoms with Crippen LogP contribution in [-0.4, -0.2) is 0 Å². The lowest BCUT2D eigenvalue weighted by atomic mass is 10.0. The first-order valence-corrected chi connectivity index (χ1v) is 12.1. The molecule has 8 aromatic rings. The van der Waals surface area contributed by atoms with Crippen LogP contribution in [0.4, 0.5) is 17.1 Å². The number of benzene rings is 6. The third-order valence-electron chi connectivity index (χ3n) is 5.88. The van der Waals surface area contributed by atoms with Crippen molar-refractivity contribution in [1.29, 1.82) is 0 Å². The van der Waals surface area contributed by atoms with Gasteiger partial charge in [-0.25, -0.2) is 0 Å². The maximum absolute atomic E-state index is 9.45. The molecule has 0 saturated heterocycles. The van der Waals surface area contributed by atoms with Gasteiger partial charge in [-0.05, 0) is 53.4 Å². The maximum atomic E-state index is 9.45. The molecular weight excluding hydrogens is 494 g/mol. The lowest BCUT2D eigenvalue weighted by molar-refractivity contribution is 0.669. The van der Waals surface area contributed by atoms with Gasteiger partial charge in [0.15, 0.2) is 5.58 Å². The second kappa shape index (κ2) is 8.87. The highest BCUT2D eigenvalue weighted by Crippen LogP contribution is 2.47. The fourth-order valence-corrected chi connectivity index (χ4v) is 5.20. The van der Waals surface area contributed by atoms with Gasteiger partial charge in [-0.2, -0.15) is 0 Å². The van der Waals surface area contributed by atoms with Crippen LogP contribution in [0.3, 0.4) is 0 Å². The zero-order valence-corrected chi connectivity index (χ0v) is 20.1. The summed E-state index contributed by atoms with van der Waals surface area (Å²) in [6.45, 7) is 0. The van der Waals surface area contributed by atoms with Gasteiger partial charge in [0.2, 0.25) is 0 Å². The summed E-state index contributed by atoms with van der Waals surface area (Å²) in [5, 5.41) is -1.65. The molecule has 0 aliphatic carbocycles. The van der Waals surface area contributed by atoms with Crippen molar-refractivity contribution < 1.29 is 35.9 Å². The highest BCUT2D eigenvalue weighted by Gasteiger charge is 2.22. The predicted octanol–water partition coefficient (Wildman–Crippen LogP) is 11.1. The van der Waals surface area contributed by atoms with Crippen LogP contribution in [0.25, 0.3) is 53.2 Å². The first-order valence-electron chi connectivity index (χ1n) is 22.7. The quantitative estimate of drug-likeness (QED) is 0.221. The minimum Gasteiger partial charge on any atom is -0.454 e. The summed E-state index contributed by atoms with van der Waals surface area (Å²) >= 11 is 0.625. The molecule has 2 heterocycles. The molecule has 184 valence electrons. The number of rotatable bonds is 4. The first-order chi connectivity index (χ1) is 28.9. The number of fused-ring (bicyclic) bond motifs is 6. The molecule has 8 rings (SSSR count). The van der Waals surface area contributed by atoms with Gasteiger partial charge in [0.1, 0.15) is 5.58 Å². The van der Waals surface area contributed by atoms with Crippen molar-refractivity contribution in [1.82, 2.24) is 0 Å². The van der Waals surface area contributed by atoms with E-state index in [1.165, 1.54) is 0 Å². The number of hydrogen-bond donors (Lipinski definition) is 0. The van der Waals surface area contributed by atoms with Crippen molar-refractivity contribution in [3.63, 3.8) is 0 Å². The number of furan rings is 1. The molecule has 0 aliphatic rings. The molecular formula is C36H23NOS. The summed E-state index contributed by atoms with van der Waals surface area (Å²) in [6, 6.07) is -19.5. The molecule has 0 N–H and O–H groups in total. The molecule has 0 aliphatic heterocycles. The fourth-order valence-electron chi connectivity index (χ4n) is 4.24. The number of hydrogen-bond acceptors (Lipinski definition) is 3. The van der Waals surface area contributed by atoms with Crippen molar-refractivity contribution in [2.75, 3.05) is 4.90 Å². The maximum Gasteiger partial charge on any atom is 0.159 e. The summed E-state index contributed by atoms with van der Waals surface area (Å²) < 4.78 is 207. The topological polar surface area (TPSA) is 16.4 Å². The van der Waals surface area contributed by atoms with E-state index < -0.39 is 189 Å². The lowest BCUT2D eigenvalue weighted by Crippen LogP contribution is -2.10. The Balaban J connectivity index is 1.68. The van der Waals surface area contributed by atoms with Gasteiger partial charge >= 0.3 is 0 Å². The molecule has 39 heavy (non-hydrogen) atoms. The smallest absolute Gasteiger partial charge is 0.159 e. The average Bonchev–Trinajstić information content (AvgIpc) is 3.84. The van der Waals surface area contributed by atoms with Gasteiger partial charge < -0.3 is 9.32 Å². The molecule has 0 amide bonds. The van der Waals surface area contributed by atoms with E-state index in [0.717, 1.165) is 0 Å². The fraction of sp³-hybridized carbons (Fsp3) is 0. The molecule has 6 aromatic carbocycles. The number of para-hydroxylation sites is 2. The third-order valence-corrected chi connectivity index (χ3v) is 6.90. The molecule has 0 unspecified atom stereocenters. The molecule has 0 radical (unpaired) electrons. The van der Waals surface area contributed by atoms with Gasteiger partial charge in [-0.15, -0.1) is 11.3 Å². The van der Waals surface area contributed by atoms with Crippen molar-refractivity contribution >= 4 is 70.5 Å². The van der Waals surface area contributed by atoms with E-state index in [4.69, 9.17) is 27.7 Å². The Morgan fingerprint density at radius 3 is 2.03 bits per heavy atom. The Morgan fingerprint density at radius 1 is 0.513 bits per heavy atom.